The van der Waals surface area contributed by atoms with Gasteiger partial charge in [0, 0.05) is 16.5 Å². The van der Waals surface area contributed by atoms with Crippen LogP contribution in [0.5, 0.6) is 5.75 Å². The number of aromatic nitrogens is 1. The summed E-state index contributed by atoms with van der Waals surface area (Å²) in [5, 5.41) is 17.0. The zero-order chi connectivity index (χ0) is 22.8. The van der Waals surface area contributed by atoms with E-state index in [1.807, 2.05) is 85.8 Å². The molecule has 1 amide bonds. The fourth-order valence-electron chi connectivity index (χ4n) is 3.87. The van der Waals surface area contributed by atoms with Crippen LogP contribution in [0.1, 0.15) is 21.5 Å². The molecule has 0 radical (unpaired) electrons. The van der Waals surface area contributed by atoms with Gasteiger partial charge in [0.1, 0.15) is 5.75 Å². The zero-order valence-corrected chi connectivity index (χ0v) is 18.0. The number of carbonyl (C=O) groups is 1. The van der Waals surface area contributed by atoms with Crippen molar-refractivity contribution in [1.82, 2.24) is 10.4 Å². The smallest absolute Gasteiger partial charge is 0.272 e. The lowest BCUT2D eigenvalue weighted by Crippen LogP contribution is -2.18. The number of phenolic OH excluding ortho intramolecular Hbond substituents is 1. The quantitative estimate of drug-likeness (QED) is 0.278. The number of amides is 1. The van der Waals surface area contributed by atoms with E-state index >= 15 is 0 Å². The Labute approximate surface area is 191 Å². The predicted molar refractivity (Wildman–Crippen MR) is 133 cm³/mol. The molecule has 5 aromatic rings. The van der Waals surface area contributed by atoms with E-state index in [2.05, 4.69) is 10.5 Å². The fourth-order valence-corrected chi connectivity index (χ4v) is 3.87. The number of rotatable bonds is 4. The van der Waals surface area contributed by atoms with Crippen LogP contribution in [-0.2, 0) is 0 Å². The molecule has 2 N–H and O–H groups in total. The Hall–Kier alpha value is -4.51. The number of pyridine rings is 1. The maximum Gasteiger partial charge on any atom is 0.272 e. The molecule has 1 aromatic heterocycles. The minimum absolute atomic E-state index is 0.0997. The summed E-state index contributed by atoms with van der Waals surface area (Å²) >= 11 is 0. The highest BCUT2D eigenvalue weighted by atomic mass is 16.3. The lowest BCUT2D eigenvalue weighted by atomic mass is 10.0. The Morgan fingerprint density at radius 3 is 2.45 bits per heavy atom. The molecule has 0 aliphatic carbocycles. The number of aromatic hydroxyl groups is 1. The van der Waals surface area contributed by atoms with Crippen molar-refractivity contribution in [3.63, 3.8) is 0 Å². The van der Waals surface area contributed by atoms with Crippen LogP contribution in [0.3, 0.4) is 0 Å². The maximum atomic E-state index is 13.1. The number of aryl methyl sites for hydroxylation is 1. The third-order valence-electron chi connectivity index (χ3n) is 5.62. The number of benzene rings is 4. The fraction of sp³-hybridized carbons (Fsp3) is 0.0357. The Morgan fingerprint density at radius 2 is 1.64 bits per heavy atom. The molecule has 5 nitrogen and oxygen atoms in total. The predicted octanol–water partition coefficient (Wildman–Crippen LogP) is 5.83. The highest BCUT2D eigenvalue weighted by Crippen LogP contribution is 2.26. The van der Waals surface area contributed by atoms with Crippen LogP contribution in [0.2, 0.25) is 0 Å². The molecule has 5 rings (SSSR count). The average Bonchev–Trinajstić information content (AvgIpc) is 2.85. The number of nitrogens with one attached hydrogen (secondary N) is 1. The van der Waals surface area contributed by atoms with Crippen LogP contribution in [-0.4, -0.2) is 22.2 Å². The first-order valence-corrected chi connectivity index (χ1v) is 10.6. The average molecular weight is 431 g/mol. The van der Waals surface area contributed by atoms with Gasteiger partial charge in [-0.1, -0.05) is 78.4 Å². The number of fused-ring (bicyclic) bond motifs is 2. The van der Waals surface area contributed by atoms with Gasteiger partial charge in [-0.3, -0.25) is 4.79 Å². The summed E-state index contributed by atoms with van der Waals surface area (Å²) in [6, 6.07) is 28.5. The van der Waals surface area contributed by atoms with Gasteiger partial charge in [-0.2, -0.15) is 5.10 Å². The SMILES string of the molecule is Cc1ccc(-c2cc(C(=O)N/N=C/c3c(O)ccc4ccccc34)c3ccccc3n2)cc1. The van der Waals surface area contributed by atoms with Gasteiger partial charge in [-0.05, 0) is 35.9 Å². The van der Waals surface area contributed by atoms with E-state index in [9.17, 15) is 9.90 Å². The largest absolute Gasteiger partial charge is 0.507 e. The third kappa shape index (κ3) is 4.04. The second kappa shape index (κ2) is 8.55. The molecule has 1 heterocycles. The van der Waals surface area contributed by atoms with Gasteiger partial charge in [-0.25, -0.2) is 10.4 Å². The Bertz CT molecular complexity index is 1520. The number of nitrogens with zero attached hydrogens (tertiary/aromatic N) is 2. The van der Waals surface area contributed by atoms with Crippen molar-refractivity contribution in [2.24, 2.45) is 5.10 Å². The van der Waals surface area contributed by atoms with E-state index in [1.165, 1.54) is 6.21 Å². The molecule has 0 saturated heterocycles. The minimum atomic E-state index is -0.349. The highest BCUT2D eigenvalue weighted by molar-refractivity contribution is 6.08. The standard InChI is InChI=1S/C28H21N3O2/c1-18-10-12-20(13-11-18)26-16-23(22-8-4-5-9-25(22)30-26)28(33)31-29-17-24-21-7-3-2-6-19(21)14-15-27(24)32/h2-17,32H,1H3,(H,31,33)/b29-17+. The topological polar surface area (TPSA) is 74.6 Å². The molecule has 5 heteroatoms. The zero-order valence-electron chi connectivity index (χ0n) is 18.0. The van der Waals surface area contributed by atoms with Crippen LogP contribution in [0, 0.1) is 6.92 Å². The Morgan fingerprint density at radius 1 is 0.909 bits per heavy atom. The molecular formula is C28H21N3O2. The van der Waals surface area contributed by atoms with Gasteiger partial charge in [0.05, 0.1) is 23.0 Å². The monoisotopic (exact) mass is 431 g/mol. The highest BCUT2D eigenvalue weighted by Gasteiger charge is 2.14. The summed E-state index contributed by atoms with van der Waals surface area (Å²) in [6.45, 7) is 2.03. The van der Waals surface area contributed by atoms with E-state index in [4.69, 9.17) is 4.98 Å². The normalized spacial score (nSPS) is 11.3. The number of hydrogen-bond donors (Lipinski definition) is 2. The van der Waals surface area contributed by atoms with Gasteiger partial charge in [0.15, 0.2) is 0 Å². The first-order valence-electron chi connectivity index (χ1n) is 10.6. The van der Waals surface area contributed by atoms with Gasteiger partial charge in [0.25, 0.3) is 5.91 Å². The number of para-hydroxylation sites is 1. The molecule has 0 bridgehead atoms. The summed E-state index contributed by atoms with van der Waals surface area (Å²) in [5.41, 5.74) is 7.18. The van der Waals surface area contributed by atoms with E-state index in [0.29, 0.717) is 11.1 Å². The van der Waals surface area contributed by atoms with E-state index < -0.39 is 0 Å². The number of phenols is 1. The van der Waals surface area contributed by atoms with Crippen molar-refractivity contribution in [2.75, 3.05) is 0 Å². The first-order chi connectivity index (χ1) is 16.1. The van der Waals surface area contributed by atoms with Gasteiger partial charge >= 0.3 is 0 Å². The van der Waals surface area contributed by atoms with Crippen LogP contribution in [0.15, 0.2) is 96.1 Å². The lowest BCUT2D eigenvalue weighted by molar-refractivity contribution is 0.0956. The molecule has 160 valence electrons. The molecule has 4 aromatic carbocycles. The molecule has 0 spiro atoms. The molecular weight excluding hydrogens is 410 g/mol. The second-order valence-electron chi connectivity index (χ2n) is 7.86. The number of carbonyl (C=O) groups excluding carboxylic acids is 1. The van der Waals surface area contributed by atoms with E-state index in [0.717, 1.165) is 38.5 Å². The van der Waals surface area contributed by atoms with Gasteiger partial charge in [-0.15, -0.1) is 0 Å². The van der Waals surface area contributed by atoms with Gasteiger partial charge < -0.3 is 5.11 Å². The van der Waals surface area contributed by atoms with E-state index in [-0.39, 0.29) is 11.7 Å². The summed E-state index contributed by atoms with van der Waals surface area (Å²) in [5.74, 6) is -0.249. The maximum absolute atomic E-state index is 13.1. The van der Waals surface area contributed by atoms with Crippen molar-refractivity contribution >= 4 is 33.8 Å². The summed E-state index contributed by atoms with van der Waals surface area (Å²) in [4.78, 5) is 17.9. The van der Waals surface area contributed by atoms with Crippen LogP contribution in [0.4, 0.5) is 0 Å². The van der Waals surface area contributed by atoms with Crippen molar-refractivity contribution in [3.8, 4) is 17.0 Å². The summed E-state index contributed by atoms with van der Waals surface area (Å²) in [6.07, 6.45) is 1.47. The van der Waals surface area contributed by atoms with Crippen LogP contribution >= 0.6 is 0 Å². The van der Waals surface area contributed by atoms with Crippen molar-refractivity contribution in [3.05, 3.63) is 108 Å². The Kier molecular flexibility index (Phi) is 5.29. The van der Waals surface area contributed by atoms with Crippen molar-refractivity contribution in [2.45, 2.75) is 6.92 Å². The van der Waals surface area contributed by atoms with E-state index in [1.54, 1.807) is 12.1 Å². The molecule has 0 aliphatic rings. The summed E-state index contributed by atoms with van der Waals surface area (Å²) in [7, 11) is 0. The third-order valence-corrected chi connectivity index (χ3v) is 5.62. The van der Waals surface area contributed by atoms with Gasteiger partial charge in [0.2, 0.25) is 0 Å². The van der Waals surface area contributed by atoms with Crippen molar-refractivity contribution < 1.29 is 9.90 Å². The summed E-state index contributed by atoms with van der Waals surface area (Å²) < 4.78 is 0. The lowest BCUT2D eigenvalue weighted by Gasteiger charge is -2.09. The molecule has 0 saturated carbocycles. The first kappa shape index (κ1) is 20.4. The molecule has 0 fully saturated rings. The second-order valence-corrected chi connectivity index (χ2v) is 7.86. The van der Waals surface area contributed by atoms with Crippen LogP contribution < -0.4 is 5.43 Å². The number of hydrogen-bond acceptors (Lipinski definition) is 4. The molecule has 0 aliphatic heterocycles. The van der Waals surface area contributed by atoms with Crippen LogP contribution in [0.25, 0.3) is 32.9 Å². The minimum Gasteiger partial charge on any atom is -0.507 e. The Balaban J connectivity index is 1.50. The molecule has 0 unspecified atom stereocenters. The molecule has 33 heavy (non-hydrogen) atoms. The van der Waals surface area contributed by atoms with Crippen molar-refractivity contribution in [1.29, 1.82) is 0 Å². The molecule has 0 atom stereocenters. The number of hydrazone groups is 1.